The number of aromatic nitrogens is 2. The highest BCUT2D eigenvalue weighted by Crippen LogP contribution is 2.30. The van der Waals surface area contributed by atoms with Gasteiger partial charge in [-0.25, -0.2) is 4.98 Å². The summed E-state index contributed by atoms with van der Waals surface area (Å²) in [6.07, 6.45) is 3.39. The van der Waals surface area contributed by atoms with Gasteiger partial charge in [-0.1, -0.05) is 23.7 Å². The Balaban J connectivity index is 1.39. The van der Waals surface area contributed by atoms with Crippen molar-refractivity contribution in [3.8, 4) is 5.75 Å². The molecule has 1 aliphatic rings. The molecule has 4 aromatic rings. The number of benzene rings is 1. The van der Waals surface area contributed by atoms with E-state index in [9.17, 15) is 14.4 Å². The topological polar surface area (TPSA) is 114 Å². The van der Waals surface area contributed by atoms with E-state index in [0.717, 1.165) is 0 Å². The van der Waals surface area contributed by atoms with Crippen LogP contribution in [0.25, 0.3) is 0 Å². The molecule has 1 unspecified atom stereocenters. The van der Waals surface area contributed by atoms with Gasteiger partial charge in [-0.05, 0) is 42.0 Å². The lowest BCUT2D eigenvalue weighted by Crippen LogP contribution is -2.46. The molecule has 0 aliphatic carbocycles. The third-order valence-corrected chi connectivity index (χ3v) is 7.12. The minimum absolute atomic E-state index is 0.112. The molecule has 2 N–H and O–H groups in total. The van der Waals surface area contributed by atoms with Crippen LogP contribution in [0.4, 0.5) is 11.5 Å². The number of nitrogens with one attached hydrogen (secondary N) is 2. The number of hydrogen-bond acceptors (Lipinski definition) is 7. The zero-order valence-electron chi connectivity index (χ0n) is 20.2. The third kappa shape index (κ3) is 5.36. The maximum Gasteiger partial charge on any atom is 0.258 e. The van der Waals surface area contributed by atoms with Gasteiger partial charge in [-0.3, -0.25) is 19.4 Å². The third-order valence-electron chi connectivity index (χ3n) is 6.06. The minimum atomic E-state index is -0.794. The van der Waals surface area contributed by atoms with Crippen LogP contribution in [0.1, 0.15) is 32.0 Å². The van der Waals surface area contributed by atoms with Crippen LogP contribution < -0.4 is 15.4 Å². The molecule has 0 saturated heterocycles. The number of pyridine rings is 2. The second kappa shape index (κ2) is 11.0. The van der Waals surface area contributed by atoms with Crippen molar-refractivity contribution in [3.05, 3.63) is 99.1 Å². The van der Waals surface area contributed by atoms with Gasteiger partial charge >= 0.3 is 0 Å². The first-order chi connectivity index (χ1) is 18.4. The van der Waals surface area contributed by atoms with Gasteiger partial charge in [0.25, 0.3) is 11.8 Å². The lowest BCUT2D eigenvalue weighted by Gasteiger charge is -2.29. The summed E-state index contributed by atoms with van der Waals surface area (Å²) in [4.78, 5) is 49.6. The van der Waals surface area contributed by atoms with Gasteiger partial charge in [-0.15, -0.1) is 11.3 Å². The number of rotatable bonds is 7. The van der Waals surface area contributed by atoms with Crippen molar-refractivity contribution < 1.29 is 19.1 Å². The Morgan fingerprint density at radius 3 is 2.74 bits per heavy atom. The molecule has 9 nitrogen and oxygen atoms in total. The molecular formula is C27H22ClN5O4S. The summed E-state index contributed by atoms with van der Waals surface area (Å²) in [5.74, 6) is -0.0845. The zero-order chi connectivity index (χ0) is 26.6. The van der Waals surface area contributed by atoms with E-state index in [1.807, 2.05) is 12.1 Å². The summed E-state index contributed by atoms with van der Waals surface area (Å²) in [5, 5.41) is 9.25. The predicted octanol–water partition coefficient (Wildman–Crippen LogP) is 4.66. The average molecular weight is 548 g/mol. The van der Waals surface area contributed by atoms with Crippen LogP contribution in [0.2, 0.25) is 5.02 Å². The molecule has 0 bridgehead atoms. The number of carbonyl (C=O) groups is 3. The number of fused-ring (bicyclic) bond motifs is 1. The number of nitrogens with zero attached hydrogens (tertiary/aromatic N) is 3. The highest BCUT2D eigenvalue weighted by atomic mass is 35.5. The molecule has 0 radical (unpaired) electrons. The fraction of sp³-hybridized carbons (Fsp3) is 0.148. The standard InChI is InChI=1S/C27H22ClN5O4S/c1-37-18-6-8-24(30-12-18)32-25(34)19-7-5-16(10-21(19)28)13-33-23(11-17-4-2-3-9-29-17)26(35)31-22-15-38-14-20(22)27(33)36/h2-10,12,14-15,23H,11,13H2,1H3,(H,31,35)(H,30,32,34). The van der Waals surface area contributed by atoms with E-state index in [1.165, 1.54) is 29.5 Å². The fourth-order valence-corrected chi connectivity index (χ4v) is 5.15. The smallest absolute Gasteiger partial charge is 0.258 e. The van der Waals surface area contributed by atoms with E-state index in [-0.39, 0.29) is 35.4 Å². The quantitative estimate of drug-likeness (QED) is 0.348. The summed E-state index contributed by atoms with van der Waals surface area (Å²) in [6.45, 7) is 0.112. The van der Waals surface area contributed by atoms with Crippen molar-refractivity contribution in [2.24, 2.45) is 0 Å². The highest BCUT2D eigenvalue weighted by molar-refractivity contribution is 7.08. The highest BCUT2D eigenvalue weighted by Gasteiger charge is 2.36. The number of halogens is 1. The van der Waals surface area contributed by atoms with E-state index in [1.54, 1.807) is 53.4 Å². The van der Waals surface area contributed by atoms with Crippen molar-refractivity contribution in [1.82, 2.24) is 14.9 Å². The molecular weight excluding hydrogens is 526 g/mol. The molecule has 3 aromatic heterocycles. The molecule has 1 aliphatic heterocycles. The molecule has 192 valence electrons. The second-order valence-electron chi connectivity index (χ2n) is 8.51. The Labute approximate surface area is 227 Å². The van der Waals surface area contributed by atoms with Gasteiger partial charge in [0, 0.05) is 35.6 Å². The van der Waals surface area contributed by atoms with Crippen LogP contribution in [-0.2, 0) is 17.8 Å². The van der Waals surface area contributed by atoms with Gasteiger partial charge in [0.05, 0.1) is 35.1 Å². The number of carbonyl (C=O) groups excluding carboxylic acids is 3. The summed E-state index contributed by atoms with van der Waals surface area (Å²) in [5.41, 5.74) is 2.53. The van der Waals surface area contributed by atoms with Crippen LogP contribution in [0.15, 0.2) is 71.7 Å². The van der Waals surface area contributed by atoms with Crippen molar-refractivity contribution in [2.45, 2.75) is 19.0 Å². The van der Waals surface area contributed by atoms with E-state index in [2.05, 4.69) is 20.6 Å². The molecule has 0 saturated carbocycles. The van der Waals surface area contributed by atoms with Crippen LogP contribution in [0.3, 0.4) is 0 Å². The minimum Gasteiger partial charge on any atom is -0.495 e. The van der Waals surface area contributed by atoms with Crippen LogP contribution in [-0.4, -0.2) is 45.7 Å². The maximum absolute atomic E-state index is 13.6. The molecule has 1 aromatic carbocycles. The summed E-state index contributed by atoms with van der Waals surface area (Å²) < 4.78 is 5.08. The summed E-state index contributed by atoms with van der Waals surface area (Å²) in [6, 6.07) is 12.9. The monoisotopic (exact) mass is 547 g/mol. The van der Waals surface area contributed by atoms with E-state index in [4.69, 9.17) is 16.3 Å². The zero-order valence-corrected chi connectivity index (χ0v) is 21.8. The molecule has 0 fully saturated rings. The van der Waals surface area contributed by atoms with Gasteiger partial charge in [0.15, 0.2) is 0 Å². The van der Waals surface area contributed by atoms with E-state index >= 15 is 0 Å². The maximum atomic E-state index is 13.6. The number of anilines is 2. The van der Waals surface area contributed by atoms with Gasteiger partial charge < -0.3 is 20.3 Å². The lowest BCUT2D eigenvalue weighted by atomic mass is 10.1. The number of amides is 3. The molecule has 0 spiro atoms. The Hall–Kier alpha value is -4.28. The summed E-state index contributed by atoms with van der Waals surface area (Å²) >= 11 is 7.83. The van der Waals surface area contributed by atoms with Crippen molar-refractivity contribution in [2.75, 3.05) is 17.7 Å². The van der Waals surface area contributed by atoms with Gasteiger partial charge in [0.1, 0.15) is 17.6 Å². The molecule has 4 heterocycles. The SMILES string of the molecule is COc1ccc(NC(=O)c2ccc(CN3C(=O)c4cscc4NC(=O)C3Cc3ccccn3)cc2Cl)nc1. The van der Waals surface area contributed by atoms with E-state index < -0.39 is 11.9 Å². The number of thiophene rings is 1. The van der Waals surface area contributed by atoms with Crippen molar-refractivity contribution >= 4 is 52.2 Å². The van der Waals surface area contributed by atoms with Crippen LogP contribution in [0.5, 0.6) is 5.75 Å². The largest absolute Gasteiger partial charge is 0.495 e. The summed E-state index contributed by atoms with van der Waals surface area (Å²) in [7, 11) is 1.53. The Bertz CT molecular complexity index is 1490. The number of methoxy groups -OCH3 is 1. The fourth-order valence-electron chi connectivity index (χ4n) is 4.11. The molecule has 1 atom stereocenters. The first-order valence-electron chi connectivity index (χ1n) is 11.6. The van der Waals surface area contributed by atoms with Crippen molar-refractivity contribution in [3.63, 3.8) is 0 Å². The predicted molar refractivity (Wildman–Crippen MR) is 145 cm³/mol. The molecule has 3 amide bonds. The lowest BCUT2D eigenvalue weighted by molar-refractivity contribution is -0.120. The number of hydrogen-bond donors (Lipinski definition) is 2. The first-order valence-corrected chi connectivity index (χ1v) is 12.9. The van der Waals surface area contributed by atoms with E-state index in [0.29, 0.717) is 34.1 Å². The molecule has 11 heteroatoms. The first kappa shape index (κ1) is 25.4. The number of ether oxygens (including phenoxy) is 1. The van der Waals surface area contributed by atoms with Gasteiger partial charge in [-0.2, -0.15) is 0 Å². The second-order valence-corrected chi connectivity index (χ2v) is 9.66. The molecule has 38 heavy (non-hydrogen) atoms. The Kier molecular flexibility index (Phi) is 7.34. The van der Waals surface area contributed by atoms with Crippen molar-refractivity contribution in [1.29, 1.82) is 0 Å². The Morgan fingerprint density at radius 2 is 2.03 bits per heavy atom. The van der Waals surface area contributed by atoms with Crippen LogP contribution >= 0.6 is 22.9 Å². The molecule has 5 rings (SSSR count). The Morgan fingerprint density at radius 1 is 1.16 bits per heavy atom. The van der Waals surface area contributed by atoms with Crippen LogP contribution in [0, 0.1) is 0 Å². The average Bonchev–Trinajstić information content (AvgIpc) is 3.36. The van der Waals surface area contributed by atoms with Gasteiger partial charge in [0.2, 0.25) is 5.91 Å². The normalized spacial score (nSPS) is 14.9.